The molecule has 0 aliphatic rings. The van der Waals surface area contributed by atoms with Crippen molar-refractivity contribution in [3.05, 3.63) is 53.1 Å². The number of hydrogen-bond acceptors (Lipinski definition) is 5. The molecule has 3 N–H and O–H groups in total. The van der Waals surface area contributed by atoms with Crippen LogP contribution < -0.4 is 15.8 Å². The van der Waals surface area contributed by atoms with Crippen LogP contribution in [-0.2, 0) is 9.53 Å². The molecule has 6 nitrogen and oxygen atoms in total. The van der Waals surface area contributed by atoms with Crippen molar-refractivity contribution in [2.24, 2.45) is 0 Å². The Morgan fingerprint density at radius 3 is 2.46 bits per heavy atom. The van der Waals surface area contributed by atoms with Crippen molar-refractivity contribution in [2.45, 2.75) is 33.8 Å². The summed E-state index contributed by atoms with van der Waals surface area (Å²) in [7, 11) is 0. The first-order valence-electron chi connectivity index (χ1n) is 8.36. The van der Waals surface area contributed by atoms with Crippen LogP contribution in [0.3, 0.4) is 0 Å². The molecule has 0 aliphatic carbocycles. The second-order valence-corrected chi connectivity index (χ2v) is 6.34. The Morgan fingerprint density at radius 1 is 1.08 bits per heavy atom. The summed E-state index contributed by atoms with van der Waals surface area (Å²) in [5.74, 6) is -0.523. The maximum Gasteiger partial charge on any atom is 0.338 e. The van der Waals surface area contributed by atoms with Crippen LogP contribution in [-0.4, -0.2) is 24.6 Å². The fraction of sp³-hybridized carbons (Fsp3) is 0.300. The molecular weight excluding hydrogens is 332 g/mol. The van der Waals surface area contributed by atoms with Gasteiger partial charge in [-0.25, -0.2) is 4.79 Å². The van der Waals surface area contributed by atoms with Gasteiger partial charge in [-0.05, 0) is 69.2 Å². The Morgan fingerprint density at radius 2 is 1.81 bits per heavy atom. The van der Waals surface area contributed by atoms with Crippen LogP contribution in [0.15, 0.2) is 36.4 Å². The van der Waals surface area contributed by atoms with Crippen molar-refractivity contribution in [1.29, 1.82) is 0 Å². The van der Waals surface area contributed by atoms with E-state index in [2.05, 4.69) is 5.32 Å². The van der Waals surface area contributed by atoms with Crippen LogP contribution in [0.25, 0.3) is 0 Å². The lowest BCUT2D eigenvalue weighted by Crippen LogP contribution is -2.20. The predicted octanol–water partition coefficient (Wildman–Crippen LogP) is 3.47. The summed E-state index contributed by atoms with van der Waals surface area (Å²) in [5, 5.41) is 2.77. The molecule has 0 unspecified atom stereocenters. The highest BCUT2D eigenvalue weighted by atomic mass is 16.5. The Labute approximate surface area is 153 Å². The lowest BCUT2D eigenvalue weighted by Gasteiger charge is -2.12. The molecule has 0 spiro atoms. The maximum absolute atomic E-state index is 12.1. The molecule has 0 aromatic heterocycles. The third kappa shape index (κ3) is 5.24. The van der Waals surface area contributed by atoms with Crippen LogP contribution in [0.4, 0.5) is 11.4 Å². The normalized spacial score (nSPS) is 10.5. The molecule has 6 heteroatoms. The van der Waals surface area contributed by atoms with Gasteiger partial charge in [-0.15, -0.1) is 0 Å². The van der Waals surface area contributed by atoms with Gasteiger partial charge in [0.25, 0.3) is 5.91 Å². The highest BCUT2D eigenvalue weighted by Gasteiger charge is 2.13. The van der Waals surface area contributed by atoms with Crippen molar-refractivity contribution in [2.75, 3.05) is 17.7 Å². The van der Waals surface area contributed by atoms with Gasteiger partial charge in [0.15, 0.2) is 6.61 Å². The van der Waals surface area contributed by atoms with Crippen LogP contribution >= 0.6 is 0 Å². The second-order valence-electron chi connectivity index (χ2n) is 6.34. The van der Waals surface area contributed by atoms with Crippen LogP contribution in [0.5, 0.6) is 5.75 Å². The summed E-state index contributed by atoms with van der Waals surface area (Å²) in [6.45, 7) is 7.29. The summed E-state index contributed by atoms with van der Waals surface area (Å²) in [4.78, 5) is 24.0. The van der Waals surface area contributed by atoms with E-state index in [1.54, 1.807) is 26.0 Å². The van der Waals surface area contributed by atoms with Crippen molar-refractivity contribution in [3.63, 3.8) is 0 Å². The van der Waals surface area contributed by atoms with Gasteiger partial charge in [-0.3, -0.25) is 4.79 Å². The molecule has 0 fully saturated rings. The lowest BCUT2D eigenvalue weighted by atomic mass is 10.1. The van der Waals surface area contributed by atoms with Gasteiger partial charge >= 0.3 is 5.97 Å². The van der Waals surface area contributed by atoms with Gasteiger partial charge in [-0.2, -0.15) is 0 Å². The van der Waals surface area contributed by atoms with Crippen molar-refractivity contribution in [3.8, 4) is 5.75 Å². The number of esters is 1. The first-order chi connectivity index (χ1) is 12.3. The average molecular weight is 356 g/mol. The third-order valence-corrected chi connectivity index (χ3v) is 3.74. The number of carbonyl (C=O) groups is 2. The van der Waals surface area contributed by atoms with E-state index in [9.17, 15) is 9.59 Å². The highest BCUT2D eigenvalue weighted by molar-refractivity contribution is 5.92. The van der Waals surface area contributed by atoms with E-state index in [1.807, 2.05) is 32.0 Å². The summed E-state index contributed by atoms with van der Waals surface area (Å²) < 4.78 is 10.6. The summed E-state index contributed by atoms with van der Waals surface area (Å²) in [5.41, 5.74) is 9.45. The van der Waals surface area contributed by atoms with E-state index in [1.165, 1.54) is 6.07 Å². The molecule has 0 atom stereocenters. The van der Waals surface area contributed by atoms with Gasteiger partial charge in [-0.1, -0.05) is 6.07 Å². The molecule has 0 saturated carbocycles. The predicted molar refractivity (Wildman–Crippen MR) is 101 cm³/mol. The van der Waals surface area contributed by atoms with E-state index in [4.69, 9.17) is 15.2 Å². The van der Waals surface area contributed by atoms with Crippen LogP contribution in [0.1, 0.15) is 35.3 Å². The van der Waals surface area contributed by atoms with Gasteiger partial charge < -0.3 is 20.5 Å². The number of rotatable bonds is 6. The molecule has 2 aromatic carbocycles. The molecule has 0 radical (unpaired) electrons. The molecule has 0 saturated heterocycles. The van der Waals surface area contributed by atoms with E-state index in [-0.39, 0.29) is 24.4 Å². The summed E-state index contributed by atoms with van der Waals surface area (Å²) in [6, 6.07) is 10.2. The molecule has 0 bridgehead atoms. The molecule has 0 aliphatic heterocycles. The number of anilines is 2. The maximum atomic E-state index is 12.1. The number of ether oxygens (including phenoxy) is 2. The van der Waals surface area contributed by atoms with E-state index >= 15 is 0 Å². The standard InChI is InChI=1S/C20H24N2O4/c1-12(2)26-20(24)15-6-8-17(21)18(10-15)25-11-19(23)22-16-7-5-13(3)14(4)9-16/h5-10,12H,11,21H2,1-4H3,(H,22,23). The van der Waals surface area contributed by atoms with Crippen LogP contribution in [0.2, 0.25) is 0 Å². The Kier molecular flexibility index (Phi) is 6.22. The van der Waals surface area contributed by atoms with Crippen molar-refractivity contribution < 1.29 is 19.1 Å². The van der Waals surface area contributed by atoms with E-state index in [0.29, 0.717) is 16.9 Å². The minimum absolute atomic E-state index is 0.222. The Hall–Kier alpha value is -3.02. The molecule has 2 aromatic rings. The number of aryl methyl sites for hydroxylation is 2. The van der Waals surface area contributed by atoms with Gasteiger partial charge in [0.2, 0.25) is 0 Å². The quantitative estimate of drug-likeness (QED) is 0.611. The molecule has 138 valence electrons. The molecule has 2 rings (SSSR count). The average Bonchev–Trinajstić information content (AvgIpc) is 2.56. The zero-order valence-electron chi connectivity index (χ0n) is 15.5. The molecule has 0 heterocycles. The highest BCUT2D eigenvalue weighted by Crippen LogP contribution is 2.23. The first-order valence-corrected chi connectivity index (χ1v) is 8.36. The van der Waals surface area contributed by atoms with Gasteiger partial charge in [0.05, 0.1) is 17.4 Å². The molecule has 1 amide bonds. The Bertz CT molecular complexity index is 815. The first kappa shape index (κ1) is 19.3. The number of nitrogens with one attached hydrogen (secondary N) is 1. The summed E-state index contributed by atoms with van der Waals surface area (Å²) in [6.07, 6.45) is -0.229. The molecule has 26 heavy (non-hydrogen) atoms. The molecular formula is C20H24N2O4. The fourth-order valence-electron chi connectivity index (χ4n) is 2.23. The van der Waals surface area contributed by atoms with Crippen molar-refractivity contribution >= 4 is 23.3 Å². The minimum Gasteiger partial charge on any atom is -0.482 e. The van der Waals surface area contributed by atoms with Crippen molar-refractivity contribution in [1.82, 2.24) is 0 Å². The number of nitrogens with two attached hydrogens (primary N) is 1. The zero-order valence-corrected chi connectivity index (χ0v) is 15.5. The summed E-state index contributed by atoms with van der Waals surface area (Å²) >= 11 is 0. The minimum atomic E-state index is -0.468. The lowest BCUT2D eigenvalue weighted by molar-refractivity contribution is -0.118. The van der Waals surface area contributed by atoms with Crippen LogP contribution in [0, 0.1) is 13.8 Å². The zero-order chi connectivity index (χ0) is 19.3. The Balaban J connectivity index is 2.00. The van der Waals surface area contributed by atoms with E-state index in [0.717, 1.165) is 11.1 Å². The number of benzene rings is 2. The SMILES string of the molecule is Cc1ccc(NC(=O)COc2cc(C(=O)OC(C)C)ccc2N)cc1C. The third-order valence-electron chi connectivity index (χ3n) is 3.74. The van der Waals surface area contributed by atoms with E-state index < -0.39 is 5.97 Å². The second kappa shape index (κ2) is 8.38. The van der Waals surface area contributed by atoms with Gasteiger partial charge in [0, 0.05) is 5.69 Å². The number of carbonyl (C=O) groups excluding carboxylic acids is 2. The smallest absolute Gasteiger partial charge is 0.338 e. The largest absolute Gasteiger partial charge is 0.482 e. The number of amides is 1. The fourth-order valence-corrected chi connectivity index (χ4v) is 2.23. The van der Waals surface area contributed by atoms with Gasteiger partial charge in [0.1, 0.15) is 5.75 Å². The number of nitrogen functional groups attached to an aromatic ring is 1. The topological polar surface area (TPSA) is 90.6 Å². The number of hydrogen-bond donors (Lipinski definition) is 2. The monoisotopic (exact) mass is 356 g/mol.